The molecule has 0 aromatic rings. The van der Waals surface area contributed by atoms with E-state index in [2.05, 4.69) is 17.8 Å². The van der Waals surface area contributed by atoms with Crippen molar-refractivity contribution in [3.05, 3.63) is 0 Å². The van der Waals surface area contributed by atoms with Crippen molar-refractivity contribution in [2.45, 2.75) is 51.1 Å². The van der Waals surface area contributed by atoms with Crippen molar-refractivity contribution < 1.29 is 5.11 Å². The molecule has 0 spiro atoms. The van der Waals surface area contributed by atoms with Gasteiger partial charge in [-0.3, -0.25) is 0 Å². The Kier molecular flexibility index (Phi) is 3.98. The van der Waals surface area contributed by atoms with Crippen LogP contribution in [0.1, 0.15) is 45.4 Å². The highest BCUT2D eigenvalue weighted by Crippen LogP contribution is 2.18. The average Bonchev–Trinajstić information content (AvgIpc) is 2.77. The second-order valence-corrected chi connectivity index (χ2v) is 3.82. The Hall–Kier alpha value is -0.120. The molecule has 1 aliphatic rings. The third kappa shape index (κ3) is 4.04. The van der Waals surface area contributed by atoms with E-state index in [1.807, 2.05) is 0 Å². The zero-order chi connectivity index (χ0) is 8.86. The van der Waals surface area contributed by atoms with Crippen molar-refractivity contribution in [2.24, 2.45) is 0 Å². The van der Waals surface area contributed by atoms with E-state index in [-0.39, 0.29) is 5.66 Å². The Morgan fingerprint density at radius 1 is 1.00 bits per heavy atom. The number of hydrazine groups is 1. The van der Waals surface area contributed by atoms with Gasteiger partial charge in [-0.1, -0.05) is 25.7 Å². The van der Waals surface area contributed by atoms with Crippen LogP contribution in [0.3, 0.4) is 0 Å². The van der Waals surface area contributed by atoms with E-state index in [4.69, 9.17) is 5.11 Å². The van der Waals surface area contributed by atoms with Crippen LogP contribution in [0.25, 0.3) is 0 Å². The van der Waals surface area contributed by atoms with Gasteiger partial charge in [-0.2, -0.15) is 0 Å². The normalized spacial score (nSPS) is 19.5. The minimum atomic E-state index is 0.247. The van der Waals surface area contributed by atoms with Crippen molar-refractivity contribution in [3.63, 3.8) is 0 Å². The average molecular weight is 172 g/mol. The minimum absolute atomic E-state index is 0.247. The lowest BCUT2D eigenvalue weighted by molar-refractivity contribution is 0.282. The topological polar surface area (TPSA) is 64.1 Å². The molecule has 1 rings (SSSR count). The van der Waals surface area contributed by atoms with Crippen LogP contribution in [0.5, 0.6) is 0 Å². The standard InChI is InChI=1S/C9H20N2O/c1-9(10-11-9)7-5-3-2-4-6-8-12/h10-12H,2-8H2,1H3. The van der Waals surface area contributed by atoms with Crippen LogP contribution in [0.4, 0.5) is 0 Å². The molecule has 1 heterocycles. The first kappa shape index (κ1) is 9.96. The molecule has 1 fully saturated rings. The summed E-state index contributed by atoms with van der Waals surface area (Å²) in [6.45, 7) is 2.53. The predicted molar refractivity (Wildman–Crippen MR) is 49.5 cm³/mol. The van der Waals surface area contributed by atoms with E-state index >= 15 is 0 Å². The Morgan fingerprint density at radius 2 is 1.58 bits per heavy atom. The molecule has 3 N–H and O–H groups in total. The van der Waals surface area contributed by atoms with E-state index in [1.165, 1.54) is 32.1 Å². The van der Waals surface area contributed by atoms with Gasteiger partial charge in [0.25, 0.3) is 0 Å². The van der Waals surface area contributed by atoms with Crippen LogP contribution in [0, 0.1) is 0 Å². The van der Waals surface area contributed by atoms with Crippen molar-refractivity contribution in [3.8, 4) is 0 Å². The van der Waals surface area contributed by atoms with E-state index in [1.54, 1.807) is 0 Å². The Bertz CT molecular complexity index is 124. The summed E-state index contributed by atoms with van der Waals surface area (Å²) in [5.74, 6) is 0. The molecule has 0 aliphatic carbocycles. The van der Waals surface area contributed by atoms with E-state index < -0.39 is 0 Å². The van der Waals surface area contributed by atoms with Gasteiger partial charge < -0.3 is 5.11 Å². The third-order valence-corrected chi connectivity index (χ3v) is 2.39. The van der Waals surface area contributed by atoms with Crippen LogP contribution < -0.4 is 10.9 Å². The third-order valence-electron chi connectivity index (χ3n) is 2.39. The second kappa shape index (κ2) is 4.80. The summed E-state index contributed by atoms with van der Waals surface area (Å²) >= 11 is 0. The fourth-order valence-corrected chi connectivity index (χ4v) is 1.35. The van der Waals surface area contributed by atoms with Gasteiger partial charge in [0.1, 0.15) is 0 Å². The molecule has 72 valence electrons. The summed E-state index contributed by atoms with van der Waals surface area (Å²) in [5, 5.41) is 8.54. The van der Waals surface area contributed by atoms with E-state index in [0.29, 0.717) is 6.61 Å². The molecule has 0 amide bonds. The van der Waals surface area contributed by atoms with Gasteiger partial charge in [0.15, 0.2) is 0 Å². The van der Waals surface area contributed by atoms with Crippen molar-refractivity contribution in [1.82, 2.24) is 10.9 Å². The molecule has 0 atom stereocenters. The lowest BCUT2D eigenvalue weighted by Crippen LogP contribution is -2.10. The summed E-state index contributed by atoms with van der Waals surface area (Å²) in [4.78, 5) is 0. The number of hydrogen-bond acceptors (Lipinski definition) is 3. The summed E-state index contributed by atoms with van der Waals surface area (Å²) in [5.41, 5.74) is 6.49. The SMILES string of the molecule is CC1(CCCCCCCO)NN1. The molecule has 1 aliphatic heterocycles. The van der Waals surface area contributed by atoms with Crippen LogP contribution >= 0.6 is 0 Å². The van der Waals surface area contributed by atoms with Crippen molar-refractivity contribution in [2.75, 3.05) is 6.61 Å². The number of unbranched alkanes of at least 4 members (excludes halogenated alkanes) is 4. The number of aliphatic hydroxyl groups excluding tert-OH is 1. The summed E-state index contributed by atoms with van der Waals surface area (Å²) < 4.78 is 0. The molecule has 3 nitrogen and oxygen atoms in total. The minimum Gasteiger partial charge on any atom is -0.396 e. The number of hydrogen-bond donors (Lipinski definition) is 3. The zero-order valence-corrected chi connectivity index (χ0v) is 7.90. The fraction of sp³-hybridized carbons (Fsp3) is 1.00. The molecular formula is C9H20N2O. The highest BCUT2D eigenvalue weighted by atomic mass is 16.2. The monoisotopic (exact) mass is 172 g/mol. The quantitative estimate of drug-likeness (QED) is 0.398. The first-order valence-electron chi connectivity index (χ1n) is 4.92. The maximum atomic E-state index is 8.54. The largest absolute Gasteiger partial charge is 0.396 e. The first-order valence-corrected chi connectivity index (χ1v) is 4.92. The lowest BCUT2D eigenvalue weighted by Gasteiger charge is -2.03. The molecule has 0 unspecified atom stereocenters. The van der Waals surface area contributed by atoms with E-state index in [9.17, 15) is 0 Å². The van der Waals surface area contributed by atoms with Crippen LogP contribution in [0.15, 0.2) is 0 Å². The molecule has 3 heteroatoms. The zero-order valence-electron chi connectivity index (χ0n) is 7.90. The van der Waals surface area contributed by atoms with Crippen LogP contribution in [-0.4, -0.2) is 17.4 Å². The predicted octanol–water partition coefficient (Wildman–Crippen LogP) is 1.14. The lowest BCUT2D eigenvalue weighted by atomic mass is 10.1. The molecule has 0 bridgehead atoms. The number of aliphatic hydroxyl groups is 1. The van der Waals surface area contributed by atoms with Crippen molar-refractivity contribution in [1.29, 1.82) is 0 Å². The molecule has 0 radical (unpaired) electrons. The number of nitrogens with one attached hydrogen (secondary N) is 2. The summed E-state index contributed by atoms with van der Waals surface area (Å²) in [6.07, 6.45) is 7.19. The maximum absolute atomic E-state index is 8.54. The van der Waals surface area contributed by atoms with Crippen LogP contribution in [-0.2, 0) is 0 Å². The Labute approximate surface area is 74.5 Å². The van der Waals surface area contributed by atoms with Gasteiger partial charge in [0.05, 0.1) is 5.66 Å². The van der Waals surface area contributed by atoms with Gasteiger partial charge in [0, 0.05) is 6.61 Å². The smallest absolute Gasteiger partial charge is 0.0915 e. The van der Waals surface area contributed by atoms with Crippen LogP contribution in [0.2, 0.25) is 0 Å². The molecule has 12 heavy (non-hydrogen) atoms. The molecule has 0 saturated carbocycles. The maximum Gasteiger partial charge on any atom is 0.0915 e. The first-order chi connectivity index (χ1) is 5.77. The van der Waals surface area contributed by atoms with E-state index in [0.717, 1.165) is 6.42 Å². The Balaban J connectivity index is 1.77. The number of rotatable bonds is 7. The highest BCUT2D eigenvalue weighted by Gasteiger charge is 2.34. The van der Waals surface area contributed by atoms with Gasteiger partial charge in [0.2, 0.25) is 0 Å². The second-order valence-electron chi connectivity index (χ2n) is 3.82. The van der Waals surface area contributed by atoms with Crippen molar-refractivity contribution >= 4 is 0 Å². The molecule has 0 aromatic heterocycles. The molecular weight excluding hydrogens is 152 g/mol. The Morgan fingerprint density at radius 3 is 2.17 bits per heavy atom. The highest BCUT2D eigenvalue weighted by molar-refractivity contribution is 4.88. The molecule has 1 saturated heterocycles. The van der Waals surface area contributed by atoms with Gasteiger partial charge in [-0.15, -0.1) is 0 Å². The summed E-state index contributed by atoms with van der Waals surface area (Å²) in [7, 11) is 0. The molecule has 0 aromatic carbocycles. The van der Waals surface area contributed by atoms with Gasteiger partial charge in [-0.25, -0.2) is 10.9 Å². The van der Waals surface area contributed by atoms with Gasteiger partial charge >= 0.3 is 0 Å². The summed E-state index contributed by atoms with van der Waals surface area (Å²) in [6, 6.07) is 0. The van der Waals surface area contributed by atoms with Gasteiger partial charge in [-0.05, 0) is 19.8 Å². The fourth-order valence-electron chi connectivity index (χ4n) is 1.35.